The van der Waals surface area contributed by atoms with Gasteiger partial charge in [-0.15, -0.1) is 0 Å². The minimum atomic E-state index is -3.57. The van der Waals surface area contributed by atoms with Crippen LogP contribution in [0.25, 0.3) is 0 Å². The monoisotopic (exact) mass is 277 g/mol. The first-order chi connectivity index (χ1) is 8.90. The first kappa shape index (κ1) is 15.2. The third-order valence-corrected chi connectivity index (χ3v) is 4.02. The Hall–Kier alpha value is -1.81. The van der Waals surface area contributed by atoms with E-state index in [1.165, 1.54) is 12.2 Å². The lowest BCUT2D eigenvalue weighted by Crippen LogP contribution is -2.22. The van der Waals surface area contributed by atoms with Crippen molar-refractivity contribution in [1.29, 1.82) is 0 Å². The van der Waals surface area contributed by atoms with E-state index in [0.717, 1.165) is 5.56 Å². The number of allylic oxidation sites excluding steroid dienone is 3. The van der Waals surface area contributed by atoms with E-state index in [9.17, 15) is 8.42 Å². The zero-order valence-electron chi connectivity index (χ0n) is 11.3. The molecular weight excluding hydrogens is 258 g/mol. The second-order valence-corrected chi connectivity index (χ2v) is 6.07. The number of hydrogen-bond acceptors (Lipinski definition) is 2. The Morgan fingerprint density at radius 3 is 2.21 bits per heavy atom. The highest BCUT2D eigenvalue weighted by Crippen LogP contribution is 2.17. The topological polar surface area (TPSA) is 46.2 Å². The summed E-state index contributed by atoms with van der Waals surface area (Å²) in [4.78, 5) is 0.230. The molecule has 0 aliphatic heterocycles. The van der Waals surface area contributed by atoms with Crippen LogP contribution in [0.5, 0.6) is 0 Å². The molecule has 1 rings (SSSR count). The Morgan fingerprint density at radius 1 is 1.21 bits per heavy atom. The van der Waals surface area contributed by atoms with Gasteiger partial charge < -0.3 is 0 Å². The minimum absolute atomic E-state index is 0.230. The summed E-state index contributed by atoms with van der Waals surface area (Å²) in [5.74, 6) is 0.370. The maximum atomic E-state index is 12.1. The van der Waals surface area contributed by atoms with E-state index in [4.69, 9.17) is 0 Å². The molecule has 0 spiro atoms. The Bertz CT molecular complexity index is 581. The quantitative estimate of drug-likeness (QED) is 0.811. The smallest absolute Gasteiger partial charge is 0.261 e. The van der Waals surface area contributed by atoms with Crippen LogP contribution in [-0.4, -0.2) is 8.42 Å². The number of hydrogen-bond donors (Lipinski definition) is 1. The maximum Gasteiger partial charge on any atom is 0.261 e. The lowest BCUT2D eigenvalue weighted by Gasteiger charge is -2.10. The van der Waals surface area contributed by atoms with Gasteiger partial charge in [-0.05, 0) is 35.8 Å². The van der Waals surface area contributed by atoms with Crippen molar-refractivity contribution < 1.29 is 8.42 Å². The van der Waals surface area contributed by atoms with Crippen molar-refractivity contribution in [1.82, 2.24) is 4.72 Å². The van der Waals surface area contributed by atoms with Gasteiger partial charge in [0.2, 0.25) is 0 Å². The van der Waals surface area contributed by atoms with Crippen LogP contribution in [-0.2, 0) is 10.0 Å². The minimum Gasteiger partial charge on any atom is -0.280 e. The second-order valence-electron chi connectivity index (χ2n) is 4.39. The molecule has 0 radical (unpaired) electrons. The van der Waals surface area contributed by atoms with E-state index in [2.05, 4.69) is 31.7 Å². The van der Waals surface area contributed by atoms with Crippen LogP contribution in [0.4, 0.5) is 0 Å². The SMILES string of the molecule is C=C/C=C(\C=C)NS(=O)(=O)c1ccc(C(C)C)cc1. The molecule has 4 heteroatoms. The summed E-state index contributed by atoms with van der Waals surface area (Å²) < 4.78 is 26.7. The predicted molar refractivity (Wildman–Crippen MR) is 79.3 cm³/mol. The van der Waals surface area contributed by atoms with Gasteiger partial charge in [0.15, 0.2) is 0 Å². The zero-order chi connectivity index (χ0) is 14.5. The fourth-order valence-corrected chi connectivity index (χ4v) is 2.59. The molecule has 0 bridgehead atoms. The summed E-state index contributed by atoms with van der Waals surface area (Å²) in [6, 6.07) is 6.85. The number of sulfonamides is 1. The molecular formula is C15H19NO2S. The van der Waals surface area contributed by atoms with Crippen LogP contribution < -0.4 is 4.72 Å². The summed E-state index contributed by atoms with van der Waals surface area (Å²) in [5.41, 5.74) is 1.49. The molecule has 0 amide bonds. The molecule has 0 atom stereocenters. The van der Waals surface area contributed by atoms with E-state index in [-0.39, 0.29) is 4.90 Å². The number of benzene rings is 1. The average Bonchev–Trinajstić information content (AvgIpc) is 2.38. The van der Waals surface area contributed by atoms with Crippen LogP contribution in [0.2, 0.25) is 0 Å². The predicted octanol–water partition coefficient (Wildman–Crippen LogP) is 3.34. The molecule has 1 aromatic carbocycles. The van der Waals surface area contributed by atoms with Crippen LogP contribution >= 0.6 is 0 Å². The Kier molecular flexibility index (Phi) is 5.12. The van der Waals surface area contributed by atoms with Crippen LogP contribution in [0.1, 0.15) is 25.3 Å². The molecule has 0 saturated heterocycles. The fraction of sp³-hybridized carbons (Fsp3) is 0.200. The normalized spacial score (nSPS) is 12.3. The highest BCUT2D eigenvalue weighted by molar-refractivity contribution is 7.89. The maximum absolute atomic E-state index is 12.1. The molecule has 0 aliphatic rings. The summed E-state index contributed by atoms with van der Waals surface area (Å²) >= 11 is 0. The first-order valence-electron chi connectivity index (χ1n) is 5.98. The molecule has 0 unspecified atom stereocenters. The molecule has 0 heterocycles. The lowest BCUT2D eigenvalue weighted by molar-refractivity contribution is 0.589. The van der Waals surface area contributed by atoms with Crippen molar-refractivity contribution in [2.24, 2.45) is 0 Å². The molecule has 19 heavy (non-hydrogen) atoms. The highest BCUT2D eigenvalue weighted by atomic mass is 32.2. The van der Waals surface area contributed by atoms with Crippen LogP contribution in [0.3, 0.4) is 0 Å². The van der Waals surface area contributed by atoms with Crippen LogP contribution in [0.15, 0.2) is 66.2 Å². The molecule has 0 aromatic heterocycles. The van der Waals surface area contributed by atoms with Crippen molar-refractivity contribution in [3.05, 3.63) is 66.9 Å². The molecule has 0 saturated carbocycles. The Morgan fingerprint density at radius 2 is 1.79 bits per heavy atom. The summed E-state index contributed by atoms with van der Waals surface area (Å²) in [5, 5.41) is 0. The van der Waals surface area contributed by atoms with Crippen molar-refractivity contribution in [2.45, 2.75) is 24.7 Å². The van der Waals surface area contributed by atoms with Gasteiger partial charge in [-0.25, -0.2) is 8.42 Å². The van der Waals surface area contributed by atoms with Crippen molar-refractivity contribution in [3.8, 4) is 0 Å². The zero-order valence-corrected chi connectivity index (χ0v) is 12.1. The average molecular weight is 277 g/mol. The van der Waals surface area contributed by atoms with E-state index in [1.807, 2.05) is 12.1 Å². The summed E-state index contributed by atoms with van der Waals surface area (Å²) in [6.45, 7) is 11.2. The van der Waals surface area contributed by atoms with Gasteiger partial charge in [-0.2, -0.15) is 0 Å². The van der Waals surface area contributed by atoms with E-state index >= 15 is 0 Å². The van der Waals surface area contributed by atoms with Gasteiger partial charge in [-0.3, -0.25) is 4.72 Å². The van der Waals surface area contributed by atoms with Gasteiger partial charge in [0.1, 0.15) is 0 Å². The second kappa shape index (κ2) is 6.38. The van der Waals surface area contributed by atoms with E-state index in [0.29, 0.717) is 11.6 Å². The molecule has 1 N–H and O–H groups in total. The first-order valence-corrected chi connectivity index (χ1v) is 7.47. The van der Waals surface area contributed by atoms with Crippen molar-refractivity contribution in [3.63, 3.8) is 0 Å². The molecule has 102 valence electrons. The number of rotatable bonds is 6. The molecule has 1 aromatic rings. The van der Waals surface area contributed by atoms with E-state index in [1.54, 1.807) is 18.2 Å². The standard InChI is InChI=1S/C15H19NO2S/c1-5-7-14(6-2)16-19(17,18)15-10-8-13(9-11-15)12(3)4/h5-12,16H,1-2H2,3-4H3/b14-7+. The molecule has 0 fully saturated rings. The third-order valence-electron chi connectivity index (χ3n) is 2.63. The van der Waals surface area contributed by atoms with Crippen molar-refractivity contribution >= 4 is 10.0 Å². The van der Waals surface area contributed by atoms with Gasteiger partial charge in [-0.1, -0.05) is 45.2 Å². The summed E-state index contributed by atoms with van der Waals surface area (Å²) in [6.07, 6.45) is 4.48. The third kappa shape index (κ3) is 4.10. The van der Waals surface area contributed by atoms with Gasteiger partial charge >= 0.3 is 0 Å². The molecule has 3 nitrogen and oxygen atoms in total. The van der Waals surface area contributed by atoms with Crippen molar-refractivity contribution in [2.75, 3.05) is 0 Å². The van der Waals surface area contributed by atoms with Gasteiger partial charge in [0, 0.05) is 5.70 Å². The fourth-order valence-electron chi connectivity index (χ4n) is 1.52. The van der Waals surface area contributed by atoms with E-state index < -0.39 is 10.0 Å². The highest BCUT2D eigenvalue weighted by Gasteiger charge is 2.14. The van der Waals surface area contributed by atoms with Gasteiger partial charge in [0.05, 0.1) is 4.90 Å². The van der Waals surface area contributed by atoms with Crippen LogP contribution in [0, 0.1) is 0 Å². The van der Waals surface area contributed by atoms with Gasteiger partial charge in [0.25, 0.3) is 10.0 Å². The lowest BCUT2D eigenvalue weighted by atomic mass is 10.0. The Balaban J connectivity index is 3.03. The molecule has 0 aliphatic carbocycles. The largest absolute Gasteiger partial charge is 0.280 e. The Labute approximate surface area is 115 Å². The number of nitrogens with one attached hydrogen (secondary N) is 1. The summed E-state index contributed by atoms with van der Waals surface area (Å²) in [7, 11) is -3.57.